The molecule has 0 radical (unpaired) electrons. The number of rotatable bonds is 7. The molecule has 1 atom stereocenters. The van der Waals surface area contributed by atoms with Crippen molar-refractivity contribution in [2.24, 2.45) is 0 Å². The second kappa shape index (κ2) is 7.92. The lowest BCUT2D eigenvalue weighted by molar-refractivity contribution is 0.323. The van der Waals surface area contributed by atoms with Crippen molar-refractivity contribution in [3.05, 3.63) is 29.8 Å². The fraction of sp³-hybridized carbons (Fsp3) is 0.375. The molecular formula is C16H21N3O3S. The molecule has 1 N–H and O–H groups in total. The second-order valence-electron chi connectivity index (χ2n) is 4.79. The van der Waals surface area contributed by atoms with Crippen molar-refractivity contribution in [1.82, 2.24) is 10.2 Å². The molecule has 1 aromatic carbocycles. The third kappa shape index (κ3) is 3.98. The van der Waals surface area contributed by atoms with Crippen LogP contribution in [0, 0.1) is 0 Å². The maximum Gasteiger partial charge on any atom is 0.203 e. The molecule has 0 saturated heterocycles. The number of hydrogen-bond acceptors (Lipinski definition) is 7. The number of nitrogens with one attached hydrogen (secondary N) is 1. The molecule has 0 saturated carbocycles. The Morgan fingerprint density at radius 3 is 2.09 bits per heavy atom. The van der Waals surface area contributed by atoms with E-state index in [4.69, 9.17) is 14.2 Å². The molecule has 0 spiro atoms. The number of anilines is 1. The topological polar surface area (TPSA) is 65.5 Å². The van der Waals surface area contributed by atoms with Crippen LogP contribution in [0.15, 0.2) is 29.3 Å². The maximum atomic E-state index is 5.39. The van der Waals surface area contributed by atoms with E-state index in [0.29, 0.717) is 23.1 Å². The Bertz CT molecular complexity index is 625. The van der Waals surface area contributed by atoms with E-state index in [1.54, 1.807) is 33.1 Å². The van der Waals surface area contributed by atoms with Crippen molar-refractivity contribution >= 4 is 17.6 Å². The quantitative estimate of drug-likeness (QED) is 0.778. The molecule has 6 nitrogen and oxygen atoms in total. The molecule has 0 aliphatic rings. The van der Waals surface area contributed by atoms with Crippen LogP contribution in [0.4, 0.5) is 5.82 Å². The van der Waals surface area contributed by atoms with Crippen molar-refractivity contribution in [1.29, 1.82) is 0 Å². The average Bonchev–Trinajstić information content (AvgIpc) is 2.60. The molecule has 23 heavy (non-hydrogen) atoms. The third-order valence-electron chi connectivity index (χ3n) is 3.40. The minimum Gasteiger partial charge on any atom is -0.493 e. The lowest BCUT2D eigenvalue weighted by Crippen LogP contribution is -2.09. The Morgan fingerprint density at radius 1 is 1.00 bits per heavy atom. The van der Waals surface area contributed by atoms with Gasteiger partial charge in [-0.05, 0) is 43.0 Å². The first-order chi connectivity index (χ1) is 11.1. The largest absolute Gasteiger partial charge is 0.493 e. The molecule has 0 aliphatic heterocycles. The van der Waals surface area contributed by atoms with Crippen LogP contribution < -0.4 is 19.5 Å². The Kier molecular flexibility index (Phi) is 5.92. The molecule has 1 aromatic heterocycles. The van der Waals surface area contributed by atoms with Crippen molar-refractivity contribution in [3.63, 3.8) is 0 Å². The van der Waals surface area contributed by atoms with Gasteiger partial charge in [0.25, 0.3) is 0 Å². The highest BCUT2D eigenvalue weighted by Crippen LogP contribution is 2.40. The van der Waals surface area contributed by atoms with E-state index in [-0.39, 0.29) is 6.04 Å². The number of ether oxygens (including phenoxy) is 3. The van der Waals surface area contributed by atoms with Gasteiger partial charge < -0.3 is 19.5 Å². The summed E-state index contributed by atoms with van der Waals surface area (Å²) in [5, 5.41) is 12.5. The molecular weight excluding hydrogens is 314 g/mol. The van der Waals surface area contributed by atoms with Gasteiger partial charge >= 0.3 is 0 Å². The lowest BCUT2D eigenvalue weighted by Gasteiger charge is -2.19. The Hall–Kier alpha value is -2.15. The fourth-order valence-electron chi connectivity index (χ4n) is 2.16. The number of aromatic nitrogens is 2. The van der Waals surface area contributed by atoms with E-state index < -0.39 is 0 Å². The second-order valence-corrected chi connectivity index (χ2v) is 5.61. The van der Waals surface area contributed by atoms with Crippen LogP contribution in [0.3, 0.4) is 0 Å². The number of benzene rings is 1. The monoisotopic (exact) mass is 335 g/mol. The number of nitrogens with zero attached hydrogens (tertiary/aromatic N) is 2. The summed E-state index contributed by atoms with van der Waals surface area (Å²) >= 11 is 1.56. The maximum absolute atomic E-state index is 5.39. The predicted molar refractivity (Wildman–Crippen MR) is 91.9 cm³/mol. The van der Waals surface area contributed by atoms with E-state index in [2.05, 4.69) is 15.5 Å². The van der Waals surface area contributed by atoms with Gasteiger partial charge in [-0.1, -0.05) is 0 Å². The molecule has 7 heteroatoms. The summed E-state index contributed by atoms with van der Waals surface area (Å²) < 4.78 is 16.1. The first-order valence-electron chi connectivity index (χ1n) is 7.07. The highest BCUT2D eigenvalue weighted by molar-refractivity contribution is 7.98. The number of thioether (sulfide) groups is 1. The van der Waals surface area contributed by atoms with Crippen LogP contribution in [-0.4, -0.2) is 37.8 Å². The minimum absolute atomic E-state index is 0.00173. The summed E-state index contributed by atoms with van der Waals surface area (Å²) in [4.78, 5) is 0. The normalized spacial score (nSPS) is 11.7. The van der Waals surface area contributed by atoms with E-state index in [9.17, 15) is 0 Å². The third-order valence-corrected chi connectivity index (χ3v) is 4.04. The van der Waals surface area contributed by atoms with Gasteiger partial charge in [0.1, 0.15) is 10.8 Å². The van der Waals surface area contributed by atoms with E-state index in [0.717, 1.165) is 10.6 Å². The summed E-state index contributed by atoms with van der Waals surface area (Å²) in [5.41, 5.74) is 0.996. The Balaban J connectivity index is 2.25. The summed E-state index contributed by atoms with van der Waals surface area (Å²) in [5.74, 6) is 2.54. The first-order valence-corrected chi connectivity index (χ1v) is 8.29. The van der Waals surface area contributed by atoms with Gasteiger partial charge in [0.05, 0.1) is 27.4 Å². The van der Waals surface area contributed by atoms with E-state index in [1.807, 2.05) is 37.4 Å². The van der Waals surface area contributed by atoms with Gasteiger partial charge in [0.2, 0.25) is 5.75 Å². The predicted octanol–water partition coefficient (Wildman–Crippen LogP) is 3.40. The van der Waals surface area contributed by atoms with Crippen LogP contribution in [0.1, 0.15) is 18.5 Å². The zero-order valence-electron chi connectivity index (χ0n) is 13.9. The van der Waals surface area contributed by atoms with Gasteiger partial charge in [-0.15, -0.1) is 22.0 Å². The van der Waals surface area contributed by atoms with E-state index >= 15 is 0 Å². The lowest BCUT2D eigenvalue weighted by atomic mass is 10.1. The average molecular weight is 335 g/mol. The van der Waals surface area contributed by atoms with Crippen LogP contribution in [-0.2, 0) is 0 Å². The van der Waals surface area contributed by atoms with Gasteiger partial charge in [0, 0.05) is 0 Å². The summed E-state index contributed by atoms with van der Waals surface area (Å²) in [6.07, 6.45) is 1.97. The van der Waals surface area contributed by atoms with Crippen LogP contribution in [0.25, 0.3) is 0 Å². The SMILES string of the molecule is COc1cc([C@H](C)Nc2ccc(SC)nn2)cc(OC)c1OC. The smallest absolute Gasteiger partial charge is 0.203 e. The van der Waals surface area contributed by atoms with Crippen molar-refractivity contribution < 1.29 is 14.2 Å². The van der Waals surface area contributed by atoms with Gasteiger partial charge in [-0.25, -0.2) is 0 Å². The molecule has 0 bridgehead atoms. The van der Waals surface area contributed by atoms with Gasteiger partial charge in [0.15, 0.2) is 11.5 Å². The fourth-order valence-corrected chi connectivity index (χ4v) is 2.49. The highest BCUT2D eigenvalue weighted by Gasteiger charge is 2.16. The Labute approximate surface area is 140 Å². The summed E-state index contributed by atoms with van der Waals surface area (Å²) in [7, 11) is 4.79. The molecule has 0 aliphatic carbocycles. The molecule has 2 rings (SSSR count). The highest BCUT2D eigenvalue weighted by atomic mass is 32.2. The summed E-state index contributed by atoms with van der Waals surface area (Å²) in [6, 6.07) is 7.68. The molecule has 0 unspecified atom stereocenters. The van der Waals surface area contributed by atoms with Crippen molar-refractivity contribution in [2.45, 2.75) is 18.0 Å². The molecule has 2 aromatic rings. The Morgan fingerprint density at radius 2 is 1.65 bits per heavy atom. The van der Waals surface area contributed by atoms with Crippen LogP contribution in [0.5, 0.6) is 17.2 Å². The first kappa shape index (κ1) is 17.2. The number of methoxy groups -OCH3 is 3. The van der Waals surface area contributed by atoms with Gasteiger partial charge in [-0.2, -0.15) is 0 Å². The molecule has 0 fully saturated rings. The van der Waals surface area contributed by atoms with Gasteiger partial charge in [-0.3, -0.25) is 0 Å². The zero-order valence-corrected chi connectivity index (χ0v) is 14.7. The minimum atomic E-state index is -0.00173. The van der Waals surface area contributed by atoms with Crippen LogP contribution in [0.2, 0.25) is 0 Å². The molecule has 0 amide bonds. The molecule has 124 valence electrons. The number of hydrogen-bond donors (Lipinski definition) is 1. The summed E-state index contributed by atoms with van der Waals surface area (Å²) in [6.45, 7) is 2.03. The standard InChI is InChI=1S/C16H21N3O3S/c1-10(17-14-6-7-15(23-5)19-18-14)11-8-12(20-2)16(22-4)13(9-11)21-3/h6-10H,1-5H3,(H,17,18)/t10-/m0/s1. The van der Waals surface area contributed by atoms with Crippen molar-refractivity contribution in [2.75, 3.05) is 32.9 Å². The molecule has 1 heterocycles. The van der Waals surface area contributed by atoms with Crippen molar-refractivity contribution in [3.8, 4) is 17.2 Å². The van der Waals surface area contributed by atoms with E-state index in [1.165, 1.54) is 0 Å². The zero-order chi connectivity index (χ0) is 16.8. The van der Waals surface area contributed by atoms with Crippen LogP contribution >= 0.6 is 11.8 Å².